The van der Waals surface area contributed by atoms with Crippen LogP contribution in [-0.4, -0.2) is 99.6 Å². The van der Waals surface area contributed by atoms with E-state index in [-0.39, 0.29) is 19.4 Å². The molecular formula is C67H121NO10. The summed E-state index contributed by atoms with van der Waals surface area (Å²) >= 11 is 0. The minimum absolute atomic E-state index is 0.0178. The van der Waals surface area contributed by atoms with Gasteiger partial charge in [-0.1, -0.05) is 268 Å². The molecular weight excluding hydrogens is 979 g/mol. The van der Waals surface area contributed by atoms with Crippen molar-refractivity contribution < 1.29 is 49.3 Å². The molecule has 11 heteroatoms. The summed E-state index contributed by atoms with van der Waals surface area (Å²) in [5, 5.41) is 57.0. The fourth-order valence-corrected chi connectivity index (χ4v) is 9.97. The van der Waals surface area contributed by atoms with E-state index in [0.29, 0.717) is 12.8 Å². The lowest BCUT2D eigenvalue weighted by atomic mass is 9.99. The Morgan fingerprint density at radius 3 is 1.33 bits per heavy atom. The third-order valence-electron chi connectivity index (χ3n) is 15.2. The molecule has 0 aliphatic carbocycles. The van der Waals surface area contributed by atoms with E-state index >= 15 is 0 Å². The first kappa shape index (κ1) is 73.4. The Balaban J connectivity index is 2.62. The summed E-state index contributed by atoms with van der Waals surface area (Å²) in [4.78, 5) is 26.5. The average molecular weight is 1100 g/mol. The Labute approximate surface area is 478 Å². The van der Waals surface area contributed by atoms with E-state index in [4.69, 9.17) is 14.2 Å². The molecule has 1 aliphatic rings. The Kier molecular flexibility index (Phi) is 51.7. The molecule has 0 aromatic heterocycles. The number of aliphatic hydroxyl groups is 5. The van der Waals surface area contributed by atoms with E-state index in [1.54, 1.807) is 6.08 Å². The second-order valence-corrected chi connectivity index (χ2v) is 22.5. The third-order valence-corrected chi connectivity index (χ3v) is 15.2. The molecule has 6 N–H and O–H groups in total. The standard InChI is InChI=1S/C67H121NO10/c1-4-7-10-13-16-19-22-25-26-27-28-29-30-31-32-33-34-35-37-39-42-45-48-51-54-60(71)66(75)68-58(59(70)53-50-47-44-41-38-24-21-18-15-12-9-6-3)57-76-67-65(64(74)63(73)61(56-69)77-67)78-62(72)55-52-49-46-43-40-36-23-20-17-14-11-8-5-2/h16,19,25-26,36,40,46,49-50,53,58-61,63-65,67,69-71,73-74H,4-15,17-18,20-24,27-35,37-39,41-45,47-48,51-52,54-57H2,1-3H3,(H,68,75)/b19-16-,26-25-,40-36-,49-46+,53-50+. The van der Waals surface area contributed by atoms with Crippen LogP contribution in [0.3, 0.4) is 0 Å². The van der Waals surface area contributed by atoms with E-state index < -0.39 is 67.4 Å². The number of hydrogen-bond acceptors (Lipinski definition) is 10. The quantitative estimate of drug-likeness (QED) is 0.0195. The second-order valence-electron chi connectivity index (χ2n) is 22.5. The van der Waals surface area contributed by atoms with Gasteiger partial charge in [0.05, 0.1) is 25.4 Å². The lowest BCUT2D eigenvalue weighted by Gasteiger charge is -2.41. The van der Waals surface area contributed by atoms with E-state index in [0.717, 1.165) is 57.8 Å². The lowest BCUT2D eigenvalue weighted by molar-refractivity contribution is -0.305. The van der Waals surface area contributed by atoms with Crippen molar-refractivity contribution in [2.24, 2.45) is 0 Å². The third kappa shape index (κ3) is 42.2. The van der Waals surface area contributed by atoms with Gasteiger partial charge in [0.2, 0.25) is 5.91 Å². The number of allylic oxidation sites excluding steroid dienone is 9. The minimum atomic E-state index is -1.64. The van der Waals surface area contributed by atoms with Gasteiger partial charge in [0.1, 0.15) is 24.4 Å². The number of aliphatic hydroxyl groups excluding tert-OH is 5. The summed E-state index contributed by atoms with van der Waals surface area (Å²) < 4.78 is 17.5. The molecule has 8 atom stereocenters. The summed E-state index contributed by atoms with van der Waals surface area (Å²) in [5.41, 5.74) is 0. The molecule has 0 aromatic rings. The molecule has 1 heterocycles. The van der Waals surface area contributed by atoms with Gasteiger partial charge in [-0.2, -0.15) is 0 Å². The number of hydrogen-bond donors (Lipinski definition) is 6. The van der Waals surface area contributed by atoms with Crippen molar-refractivity contribution >= 4 is 11.9 Å². The zero-order chi connectivity index (χ0) is 56.8. The summed E-state index contributed by atoms with van der Waals surface area (Å²) in [7, 11) is 0. The molecule has 1 fully saturated rings. The number of carbonyl (C=O) groups is 2. The number of ether oxygens (including phenoxy) is 3. The van der Waals surface area contributed by atoms with Crippen LogP contribution in [0.5, 0.6) is 0 Å². The van der Waals surface area contributed by atoms with Crippen molar-refractivity contribution in [2.45, 2.75) is 339 Å². The largest absolute Gasteiger partial charge is 0.454 e. The first-order chi connectivity index (χ1) is 38.2. The van der Waals surface area contributed by atoms with Crippen LogP contribution in [-0.2, 0) is 23.8 Å². The number of nitrogens with one attached hydrogen (secondary N) is 1. The van der Waals surface area contributed by atoms with Crippen molar-refractivity contribution in [3.8, 4) is 0 Å². The molecule has 0 bridgehead atoms. The molecule has 1 amide bonds. The molecule has 1 saturated heterocycles. The highest BCUT2D eigenvalue weighted by Crippen LogP contribution is 2.26. The van der Waals surface area contributed by atoms with Gasteiger partial charge in [-0.15, -0.1) is 0 Å². The Hall–Kier alpha value is -2.64. The van der Waals surface area contributed by atoms with E-state index in [2.05, 4.69) is 62.5 Å². The Morgan fingerprint density at radius 2 is 0.885 bits per heavy atom. The molecule has 1 rings (SSSR count). The summed E-state index contributed by atoms with van der Waals surface area (Å²) in [6.45, 7) is 5.74. The second kappa shape index (κ2) is 54.9. The maximum atomic E-state index is 13.4. The van der Waals surface area contributed by atoms with Crippen LogP contribution in [0.15, 0.2) is 60.8 Å². The van der Waals surface area contributed by atoms with Crippen LogP contribution < -0.4 is 5.32 Å². The maximum Gasteiger partial charge on any atom is 0.306 e. The van der Waals surface area contributed by atoms with Gasteiger partial charge in [-0.25, -0.2) is 0 Å². The summed E-state index contributed by atoms with van der Waals surface area (Å²) in [6.07, 6.45) is 58.6. The average Bonchev–Trinajstić information content (AvgIpc) is 3.45. The van der Waals surface area contributed by atoms with Crippen LogP contribution in [0.2, 0.25) is 0 Å². The summed E-state index contributed by atoms with van der Waals surface area (Å²) in [5.74, 6) is -1.26. The van der Waals surface area contributed by atoms with Crippen LogP contribution in [0, 0.1) is 0 Å². The van der Waals surface area contributed by atoms with Gasteiger partial charge in [0, 0.05) is 6.42 Å². The highest BCUT2D eigenvalue weighted by atomic mass is 16.7. The number of carbonyl (C=O) groups excluding carboxylic acids is 2. The Bertz CT molecular complexity index is 1500. The van der Waals surface area contributed by atoms with Crippen molar-refractivity contribution in [3.63, 3.8) is 0 Å². The highest BCUT2D eigenvalue weighted by Gasteiger charge is 2.47. The predicted octanol–water partition coefficient (Wildman–Crippen LogP) is 15.8. The molecule has 11 nitrogen and oxygen atoms in total. The molecule has 8 unspecified atom stereocenters. The molecule has 78 heavy (non-hydrogen) atoms. The fraction of sp³-hybridized carbons (Fsp3) is 0.821. The fourth-order valence-electron chi connectivity index (χ4n) is 9.97. The maximum absolute atomic E-state index is 13.4. The molecule has 0 aromatic carbocycles. The van der Waals surface area contributed by atoms with Crippen LogP contribution >= 0.6 is 0 Å². The van der Waals surface area contributed by atoms with Gasteiger partial charge in [0.25, 0.3) is 0 Å². The molecule has 0 spiro atoms. The van der Waals surface area contributed by atoms with E-state index in [1.165, 1.54) is 186 Å². The normalized spacial score (nSPS) is 19.3. The molecule has 1 aliphatic heterocycles. The van der Waals surface area contributed by atoms with Gasteiger partial charge in [-0.3, -0.25) is 9.59 Å². The van der Waals surface area contributed by atoms with Crippen LogP contribution in [0.1, 0.15) is 290 Å². The Morgan fingerprint density at radius 1 is 0.500 bits per heavy atom. The zero-order valence-corrected chi connectivity index (χ0v) is 50.3. The smallest absolute Gasteiger partial charge is 0.306 e. The van der Waals surface area contributed by atoms with Crippen molar-refractivity contribution in [1.82, 2.24) is 5.32 Å². The zero-order valence-electron chi connectivity index (χ0n) is 50.3. The lowest BCUT2D eigenvalue weighted by Crippen LogP contribution is -2.61. The number of rotatable bonds is 55. The minimum Gasteiger partial charge on any atom is -0.454 e. The number of amides is 1. The van der Waals surface area contributed by atoms with Gasteiger partial charge < -0.3 is 45.1 Å². The molecule has 0 radical (unpaired) electrons. The molecule has 454 valence electrons. The molecule has 0 saturated carbocycles. The van der Waals surface area contributed by atoms with Gasteiger partial charge in [0.15, 0.2) is 12.4 Å². The number of unbranched alkanes of at least 4 members (excludes halogenated alkanes) is 33. The van der Waals surface area contributed by atoms with Crippen molar-refractivity contribution in [3.05, 3.63) is 60.8 Å². The topological polar surface area (TPSA) is 175 Å². The monoisotopic (exact) mass is 1100 g/mol. The van der Waals surface area contributed by atoms with Crippen LogP contribution in [0.25, 0.3) is 0 Å². The van der Waals surface area contributed by atoms with E-state index in [1.807, 2.05) is 18.2 Å². The van der Waals surface area contributed by atoms with Gasteiger partial charge >= 0.3 is 5.97 Å². The van der Waals surface area contributed by atoms with Crippen molar-refractivity contribution in [2.75, 3.05) is 13.2 Å². The first-order valence-electron chi connectivity index (χ1n) is 32.6. The highest BCUT2D eigenvalue weighted by molar-refractivity contribution is 5.80. The van der Waals surface area contributed by atoms with Gasteiger partial charge in [-0.05, 0) is 77.0 Å². The SMILES string of the molecule is CCCCC/C=C\C/C=C\CCCCCCCCCCCCCCCCC(O)C(=O)NC(COC1OC(CO)C(O)C(O)C1OC(=O)CC/C=C/C/C=C\CCCCCCCC)C(O)/C=C/CCCCCCCCCCCC. The van der Waals surface area contributed by atoms with E-state index in [9.17, 15) is 35.1 Å². The first-order valence-corrected chi connectivity index (χ1v) is 32.6. The predicted molar refractivity (Wildman–Crippen MR) is 324 cm³/mol. The van der Waals surface area contributed by atoms with Crippen molar-refractivity contribution in [1.29, 1.82) is 0 Å². The number of esters is 1. The summed E-state index contributed by atoms with van der Waals surface area (Å²) in [6, 6.07) is -1.03. The van der Waals surface area contributed by atoms with Crippen LogP contribution in [0.4, 0.5) is 0 Å².